The van der Waals surface area contributed by atoms with E-state index in [4.69, 9.17) is 11.6 Å². The number of hydrogen-bond donors (Lipinski definition) is 1. The molecule has 3 rings (SSSR count). The first-order valence-electron chi connectivity index (χ1n) is 8.90. The molecule has 0 spiro atoms. The third kappa shape index (κ3) is 4.36. The van der Waals surface area contributed by atoms with Crippen LogP contribution in [0.25, 0.3) is 5.69 Å². The van der Waals surface area contributed by atoms with Gasteiger partial charge >= 0.3 is 0 Å². The molecule has 0 radical (unpaired) electrons. The normalized spacial score (nSPS) is 11.7. The lowest BCUT2D eigenvalue weighted by atomic mass is 10.2. The Morgan fingerprint density at radius 2 is 2.14 bits per heavy atom. The van der Waals surface area contributed by atoms with Gasteiger partial charge in [-0.3, -0.25) is 4.99 Å². The number of benzene rings is 1. The van der Waals surface area contributed by atoms with Crippen LogP contribution in [0.15, 0.2) is 47.8 Å². The molecule has 0 aliphatic carbocycles. The van der Waals surface area contributed by atoms with Gasteiger partial charge < -0.3 is 19.4 Å². The summed E-state index contributed by atoms with van der Waals surface area (Å²) in [5.41, 5.74) is 2.39. The van der Waals surface area contributed by atoms with Crippen LogP contribution >= 0.6 is 11.6 Å². The minimum Gasteiger partial charge on any atom is -0.352 e. The fraction of sp³-hybridized carbons (Fsp3) is 0.300. The molecule has 0 bridgehead atoms. The Morgan fingerprint density at radius 3 is 2.71 bits per heavy atom. The van der Waals surface area contributed by atoms with Gasteiger partial charge in [0.2, 0.25) is 0 Å². The monoisotopic (exact) mass is 402 g/mol. The highest BCUT2D eigenvalue weighted by molar-refractivity contribution is 6.30. The van der Waals surface area contributed by atoms with Crippen LogP contribution in [0.1, 0.15) is 17.1 Å². The Balaban J connectivity index is 1.66. The van der Waals surface area contributed by atoms with E-state index in [2.05, 4.69) is 15.3 Å². The molecule has 148 valence electrons. The lowest BCUT2D eigenvalue weighted by Crippen LogP contribution is -2.38. The molecular formula is C20H24ClFN6. The van der Waals surface area contributed by atoms with Crippen LogP contribution in [-0.4, -0.2) is 39.1 Å². The third-order valence-corrected chi connectivity index (χ3v) is 4.80. The van der Waals surface area contributed by atoms with E-state index in [9.17, 15) is 4.39 Å². The van der Waals surface area contributed by atoms with Gasteiger partial charge in [-0.15, -0.1) is 0 Å². The van der Waals surface area contributed by atoms with Crippen molar-refractivity contribution < 1.29 is 4.39 Å². The Bertz CT molecular complexity index is 990. The highest BCUT2D eigenvalue weighted by atomic mass is 35.5. The van der Waals surface area contributed by atoms with Crippen molar-refractivity contribution in [2.45, 2.75) is 20.0 Å². The highest BCUT2D eigenvalue weighted by Gasteiger charge is 2.11. The Labute approximate surface area is 169 Å². The van der Waals surface area contributed by atoms with E-state index in [0.29, 0.717) is 29.8 Å². The smallest absolute Gasteiger partial charge is 0.194 e. The summed E-state index contributed by atoms with van der Waals surface area (Å²) in [5, 5.41) is 3.98. The van der Waals surface area contributed by atoms with Crippen molar-refractivity contribution in [3.05, 3.63) is 70.8 Å². The largest absolute Gasteiger partial charge is 0.352 e. The number of halogens is 2. The van der Waals surface area contributed by atoms with Crippen molar-refractivity contribution in [1.29, 1.82) is 0 Å². The Morgan fingerprint density at radius 1 is 1.36 bits per heavy atom. The van der Waals surface area contributed by atoms with Crippen LogP contribution in [-0.2, 0) is 20.1 Å². The van der Waals surface area contributed by atoms with Gasteiger partial charge in [-0.25, -0.2) is 9.37 Å². The van der Waals surface area contributed by atoms with Crippen molar-refractivity contribution in [2.24, 2.45) is 12.0 Å². The average molecular weight is 403 g/mol. The van der Waals surface area contributed by atoms with Crippen molar-refractivity contribution in [1.82, 2.24) is 24.3 Å². The summed E-state index contributed by atoms with van der Waals surface area (Å²) < 4.78 is 18.3. The van der Waals surface area contributed by atoms with E-state index in [0.717, 1.165) is 17.1 Å². The van der Waals surface area contributed by atoms with Crippen molar-refractivity contribution in [3.8, 4) is 5.69 Å². The summed E-state index contributed by atoms with van der Waals surface area (Å²) in [6, 6.07) is 7.12. The van der Waals surface area contributed by atoms with Crippen molar-refractivity contribution in [2.75, 3.05) is 14.1 Å². The highest BCUT2D eigenvalue weighted by Crippen LogP contribution is 2.17. The van der Waals surface area contributed by atoms with Crippen molar-refractivity contribution in [3.63, 3.8) is 0 Å². The number of hydrogen-bond acceptors (Lipinski definition) is 2. The van der Waals surface area contributed by atoms with Gasteiger partial charge in [0.05, 0.1) is 17.3 Å². The van der Waals surface area contributed by atoms with E-state index in [1.165, 1.54) is 6.07 Å². The predicted molar refractivity (Wildman–Crippen MR) is 110 cm³/mol. The summed E-state index contributed by atoms with van der Waals surface area (Å²) >= 11 is 6.05. The van der Waals surface area contributed by atoms with Crippen LogP contribution in [0.3, 0.4) is 0 Å². The number of nitrogens with one attached hydrogen (secondary N) is 1. The van der Waals surface area contributed by atoms with Crippen LogP contribution in [0.4, 0.5) is 4.39 Å². The standard InChI is InChI=1S/C20H24ClFN6/c1-14-24-7-8-28(14)19-6-5-15(9-18(19)22)11-25-20(23-2)27(4)13-17-10-16(21)12-26(17)3/h5-10,12H,11,13H2,1-4H3,(H,23,25). The number of nitrogens with zero attached hydrogens (tertiary/aromatic N) is 5. The first-order chi connectivity index (χ1) is 13.4. The van der Waals surface area contributed by atoms with Gasteiger partial charge in [-0.05, 0) is 30.7 Å². The lowest BCUT2D eigenvalue weighted by Gasteiger charge is -2.22. The van der Waals surface area contributed by atoms with E-state index in [1.807, 2.05) is 48.8 Å². The second-order valence-corrected chi connectivity index (χ2v) is 7.08. The van der Waals surface area contributed by atoms with Gasteiger partial charge in [0, 0.05) is 52.0 Å². The molecular weight excluding hydrogens is 379 g/mol. The Kier molecular flexibility index (Phi) is 6.04. The molecule has 0 unspecified atom stereocenters. The van der Waals surface area contributed by atoms with Gasteiger partial charge in [0.25, 0.3) is 0 Å². The molecule has 1 aromatic carbocycles. The molecule has 1 N–H and O–H groups in total. The maximum absolute atomic E-state index is 14.6. The van der Waals surface area contributed by atoms with Gasteiger partial charge in [0.15, 0.2) is 5.96 Å². The molecule has 3 aromatic rings. The van der Waals surface area contributed by atoms with E-state index in [1.54, 1.807) is 30.1 Å². The van der Waals surface area contributed by atoms with Crippen LogP contribution in [0, 0.1) is 12.7 Å². The van der Waals surface area contributed by atoms with E-state index in [-0.39, 0.29) is 5.82 Å². The van der Waals surface area contributed by atoms with Gasteiger partial charge in [-0.2, -0.15) is 0 Å². The zero-order valence-electron chi connectivity index (χ0n) is 16.4. The zero-order valence-corrected chi connectivity index (χ0v) is 17.2. The number of aryl methyl sites for hydroxylation is 2. The van der Waals surface area contributed by atoms with Crippen LogP contribution in [0.2, 0.25) is 5.02 Å². The number of aromatic nitrogens is 3. The fourth-order valence-corrected chi connectivity index (χ4v) is 3.37. The van der Waals surface area contributed by atoms with E-state index < -0.39 is 0 Å². The number of guanidine groups is 1. The Hall–Kier alpha value is -2.80. The summed E-state index contributed by atoms with van der Waals surface area (Å²) in [6.07, 6.45) is 5.27. The number of rotatable bonds is 5. The van der Waals surface area contributed by atoms with Crippen LogP contribution < -0.4 is 5.32 Å². The molecule has 0 saturated carbocycles. The number of imidazole rings is 1. The lowest BCUT2D eigenvalue weighted by molar-refractivity contribution is 0.461. The minimum atomic E-state index is -0.290. The van der Waals surface area contributed by atoms with Gasteiger partial charge in [-0.1, -0.05) is 17.7 Å². The molecule has 0 fully saturated rings. The maximum atomic E-state index is 14.6. The molecule has 0 saturated heterocycles. The quantitative estimate of drug-likeness (QED) is 0.524. The molecule has 6 nitrogen and oxygen atoms in total. The van der Waals surface area contributed by atoms with Gasteiger partial charge in [0.1, 0.15) is 11.6 Å². The average Bonchev–Trinajstić information content (AvgIpc) is 3.20. The topological polar surface area (TPSA) is 50.4 Å². The minimum absolute atomic E-state index is 0.290. The number of aliphatic imine (C=N–C) groups is 1. The molecule has 2 aromatic heterocycles. The molecule has 0 amide bonds. The molecule has 8 heteroatoms. The zero-order chi connectivity index (χ0) is 20.3. The first-order valence-corrected chi connectivity index (χ1v) is 9.28. The summed E-state index contributed by atoms with van der Waals surface area (Å²) in [5.74, 6) is 1.17. The summed E-state index contributed by atoms with van der Waals surface area (Å²) in [7, 11) is 5.63. The van der Waals surface area contributed by atoms with E-state index >= 15 is 0 Å². The second-order valence-electron chi connectivity index (χ2n) is 6.65. The van der Waals surface area contributed by atoms with Crippen LogP contribution in [0.5, 0.6) is 0 Å². The molecule has 2 heterocycles. The molecule has 0 atom stereocenters. The predicted octanol–water partition coefficient (Wildman–Crippen LogP) is 3.52. The SMILES string of the molecule is CN=C(NCc1ccc(-n2ccnc2C)c(F)c1)N(C)Cc1cc(Cl)cn1C. The maximum Gasteiger partial charge on any atom is 0.194 e. The molecule has 28 heavy (non-hydrogen) atoms. The third-order valence-electron chi connectivity index (χ3n) is 4.60. The first kappa shape index (κ1) is 19.9. The van der Waals surface area contributed by atoms with Crippen molar-refractivity contribution >= 4 is 17.6 Å². The molecule has 0 aliphatic heterocycles. The molecule has 0 aliphatic rings. The summed E-state index contributed by atoms with van der Waals surface area (Å²) in [4.78, 5) is 10.4. The fourth-order valence-electron chi connectivity index (χ4n) is 3.10. The second kappa shape index (κ2) is 8.48. The summed E-state index contributed by atoms with van der Waals surface area (Å²) in [6.45, 7) is 2.95.